The van der Waals surface area contributed by atoms with Crippen molar-refractivity contribution in [2.75, 3.05) is 11.9 Å². The van der Waals surface area contributed by atoms with Crippen molar-refractivity contribution in [2.45, 2.75) is 46.0 Å². The molecule has 1 amide bonds. The van der Waals surface area contributed by atoms with Crippen molar-refractivity contribution in [3.8, 4) is 0 Å². The van der Waals surface area contributed by atoms with Crippen molar-refractivity contribution in [2.24, 2.45) is 0 Å². The molecule has 0 fully saturated rings. The molecule has 0 atom stereocenters. The Kier molecular flexibility index (Phi) is 6.00. The molecule has 2 N–H and O–H groups in total. The van der Waals surface area contributed by atoms with E-state index >= 15 is 0 Å². The van der Waals surface area contributed by atoms with Gasteiger partial charge in [0.15, 0.2) is 0 Å². The molecule has 0 bridgehead atoms. The third kappa shape index (κ3) is 4.69. The summed E-state index contributed by atoms with van der Waals surface area (Å²) in [5.41, 5.74) is 5.11. The van der Waals surface area contributed by atoms with Crippen LogP contribution in [-0.4, -0.2) is 22.4 Å². The topological polar surface area (TPSA) is 66.9 Å². The summed E-state index contributed by atoms with van der Waals surface area (Å²) in [6, 6.07) is 6.12. The molecule has 5 nitrogen and oxygen atoms in total. The highest BCUT2D eigenvalue weighted by Gasteiger charge is 2.10. The number of aromatic nitrogens is 2. The van der Waals surface area contributed by atoms with Gasteiger partial charge in [-0.15, -0.1) is 0 Å². The maximum Gasteiger partial charge on any atom is 0.271 e. The molecule has 136 valence electrons. The van der Waals surface area contributed by atoms with Crippen LogP contribution in [-0.2, 0) is 0 Å². The molecule has 2 aromatic rings. The first kappa shape index (κ1) is 18.1. The van der Waals surface area contributed by atoms with Crippen LogP contribution in [0.4, 0.5) is 11.5 Å². The molecule has 0 unspecified atom stereocenters. The Morgan fingerprint density at radius 1 is 1.12 bits per heavy atom. The Hall–Kier alpha value is -2.69. The monoisotopic (exact) mass is 350 g/mol. The zero-order valence-electron chi connectivity index (χ0n) is 15.5. The van der Waals surface area contributed by atoms with E-state index < -0.39 is 0 Å². The largest absolute Gasteiger partial charge is 0.350 e. The van der Waals surface area contributed by atoms with Crippen LogP contribution in [0, 0.1) is 13.8 Å². The van der Waals surface area contributed by atoms with Crippen LogP contribution >= 0.6 is 0 Å². The fourth-order valence-corrected chi connectivity index (χ4v) is 3.21. The van der Waals surface area contributed by atoms with Gasteiger partial charge in [0.05, 0.1) is 12.4 Å². The number of amides is 1. The molecule has 1 aliphatic rings. The van der Waals surface area contributed by atoms with Crippen LogP contribution in [0.3, 0.4) is 0 Å². The SMILES string of the molecule is Cc1cccc(C)c1Nc1cnc(C(=O)NCCC2=CCCCC2)cn1. The molecule has 0 radical (unpaired) electrons. The number of rotatable bonds is 6. The first-order valence-electron chi connectivity index (χ1n) is 9.25. The highest BCUT2D eigenvalue weighted by molar-refractivity contribution is 5.92. The van der Waals surface area contributed by atoms with Gasteiger partial charge < -0.3 is 10.6 Å². The predicted molar refractivity (Wildman–Crippen MR) is 105 cm³/mol. The van der Waals surface area contributed by atoms with Gasteiger partial charge in [-0.3, -0.25) is 4.79 Å². The molecular formula is C21H26N4O. The molecule has 0 saturated heterocycles. The van der Waals surface area contributed by atoms with Crippen molar-refractivity contribution in [1.29, 1.82) is 0 Å². The highest BCUT2D eigenvalue weighted by Crippen LogP contribution is 2.23. The average molecular weight is 350 g/mol. The lowest BCUT2D eigenvalue weighted by Gasteiger charge is -2.13. The van der Waals surface area contributed by atoms with E-state index in [1.54, 1.807) is 6.20 Å². The first-order chi connectivity index (χ1) is 12.6. The van der Waals surface area contributed by atoms with Crippen molar-refractivity contribution < 1.29 is 4.79 Å². The van der Waals surface area contributed by atoms with Crippen LogP contribution in [0.1, 0.15) is 53.7 Å². The highest BCUT2D eigenvalue weighted by atomic mass is 16.1. The summed E-state index contributed by atoms with van der Waals surface area (Å²) in [6.45, 7) is 4.74. The van der Waals surface area contributed by atoms with Crippen LogP contribution in [0.15, 0.2) is 42.2 Å². The predicted octanol–water partition coefficient (Wildman–Crippen LogP) is 4.46. The Morgan fingerprint density at radius 3 is 2.58 bits per heavy atom. The van der Waals surface area contributed by atoms with E-state index in [4.69, 9.17) is 0 Å². The van der Waals surface area contributed by atoms with Crippen molar-refractivity contribution >= 4 is 17.4 Å². The minimum atomic E-state index is -0.174. The summed E-state index contributed by atoms with van der Waals surface area (Å²) >= 11 is 0. The molecule has 0 spiro atoms. The number of hydrogen-bond acceptors (Lipinski definition) is 4. The number of para-hydroxylation sites is 1. The maximum absolute atomic E-state index is 12.2. The molecule has 0 saturated carbocycles. The van der Waals surface area contributed by atoms with Gasteiger partial charge in [-0.05, 0) is 57.1 Å². The minimum absolute atomic E-state index is 0.174. The van der Waals surface area contributed by atoms with Crippen LogP contribution < -0.4 is 10.6 Å². The average Bonchev–Trinajstić information content (AvgIpc) is 2.66. The van der Waals surface area contributed by atoms with Gasteiger partial charge in [0.2, 0.25) is 0 Å². The number of carbonyl (C=O) groups is 1. The molecule has 1 aromatic carbocycles. The van der Waals surface area contributed by atoms with Crippen LogP contribution in [0.25, 0.3) is 0 Å². The number of nitrogens with one attached hydrogen (secondary N) is 2. The van der Waals surface area contributed by atoms with Crippen molar-refractivity contribution in [3.63, 3.8) is 0 Å². The van der Waals surface area contributed by atoms with Crippen molar-refractivity contribution in [1.82, 2.24) is 15.3 Å². The van der Waals surface area contributed by atoms with E-state index in [-0.39, 0.29) is 5.91 Å². The van der Waals surface area contributed by atoms with Gasteiger partial charge in [-0.1, -0.05) is 29.8 Å². The zero-order chi connectivity index (χ0) is 18.4. The third-order valence-electron chi connectivity index (χ3n) is 4.74. The minimum Gasteiger partial charge on any atom is -0.350 e. The number of nitrogens with zero attached hydrogens (tertiary/aromatic N) is 2. The van der Waals surface area contributed by atoms with E-state index in [2.05, 4.69) is 26.7 Å². The maximum atomic E-state index is 12.2. The molecule has 1 aromatic heterocycles. The second-order valence-corrected chi connectivity index (χ2v) is 6.79. The second-order valence-electron chi connectivity index (χ2n) is 6.79. The lowest BCUT2D eigenvalue weighted by atomic mass is 9.97. The van der Waals surface area contributed by atoms with Gasteiger partial charge >= 0.3 is 0 Å². The standard InChI is InChI=1S/C21H26N4O/c1-15-7-6-8-16(2)20(15)25-19-14-23-18(13-24-19)21(26)22-12-11-17-9-4-3-5-10-17/h6-9,13-14H,3-5,10-12H2,1-2H3,(H,22,26)(H,24,25). The first-order valence-corrected chi connectivity index (χ1v) is 9.25. The van der Waals surface area contributed by atoms with Gasteiger partial charge in [0.1, 0.15) is 11.5 Å². The zero-order valence-corrected chi connectivity index (χ0v) is 15.5. The molecule has 1 heterocycles. The normalized spacial score (nSPS) is 13.8. The number of benzene rings is 1. The van der Waals surface area contributed by atoms with Crippen molar-refractivity contribution in [3.05, 3.63) is 59.1 Å². The van der Waals surface area contributed by atoms with Gasteiger partial charge in [-0.2, -0.15) is 0 Å². The van der Waals surface area contributed by atoms with E-state index in [0.29, 0.717) is 18.1 Å². The Morgan fingerprint density at radius 2 is 1.92 bits per heavy atom. The van der Waals surface area contributed by atoms with E-state index in [1.807, 2.05) is 32.0 Å². The Labute approximate surface area is 155 Å². The van der Waals surface area contributed by atoms with Crippen LogP contribution in [0.2, 0.25) is 0 Å². The lowest BCUT2D eigenvalue weighted by Crippen LogP contribution is -2.26. The number of allylic oxidation sites excluding steroid dienone is 1. The summed E-state index contributed by atoms with van der Waals surface area (Å²) in [7, 11) is 0. The molecule has 3 rings (SSSR count). The summed E-state index contributed by atoms with van der Waals surface area (Å²) < 4.78 is 0. The summed E-state index contributed by atoms with van der Waals surface area (Å²) in [6.07, 6.45) is 11.2. The fourth-order valence-electron chi connectivity index (χ4n) is 3.21. The number of carbonyl (C=O) groups excluding carboxylic acids is 1. The smallest absolute Gasteiger partial charge is 0.271 e. The summed E-state index contributed by atoms with van der Waals surface area (Å²) in [4.78, 5) is 20.8. The molecule has 5 heteroatoms. The Bertz CT molecular complexity index is 776. The van der Waals surface area contributed by atoms with Gasteiger partial charge in [0, 0.05) is 12.2 Å². The van der Waals surface area contributed by atoms with Gasteiger partial charge in [-0.25, -0.2) is 9.97 Å². The quantitative estimate of drug-likeness (QED) is 0.755. The van der Waals surface area contributed by atoms with Gasteiger partial charge in [0.25, 0.3) is 5.91 Å². The molecule has 26 heavy (non-hydrogen) atoms. The number of aryl methyl sites for hydroxylation is 2. The third-order valence-corrected chi connectivity index (χ3v) is 4.74. The summed E-state index contributed by atoms with van der Waals surface area (Å²) in [5.74, 6) is 0.457. The molecule has 0 aliphatic heterocycles. The fraction of sp³-hybridized carbons (Fsp3) is 0.381. The second kappa shape index (κ2) is 8.61. The molecule has 1 aliphatic carbocycles. The van der Waals surface area contributed by atoms with E-state index in [9.17, 15) is 4.79 Å². The lowest BCUT2D eigenvalue weighted by molar-refractivity contribution is 0.0948. The molecular weight excluding hydrogens is 324 g/mol. The number of anilines is 2. The number of hydrogen-bond donors (Lipinski definition) is 2. The van der Waals surface area contributed by atoms with E-state index in [0.717, 1.165) is 29.7 Å². The Balaban J connectivity index is 1.55. The summed E-state index contributed by atoms with van der Waals surface area (Å²) in [5, 5.41) is 6.21. The van der Waals surface area contributed by atoms with Crippen LogP contribution in [0.5, 0.6) is 0 Å². The van der Waals surface area contributed by atoms with E-state index in [1.165, 1.54) is 31.0 Å².